The van der Waals surface area contributed by atoms with Gasteiger partial charge in [0, 0.05) is 12.6 Å². The summed E-state index contributed by atoms with van der Waals surface area (Å²) in [6.45, 7) is 3.86. The van der Waals surface area contributed by atoms with Crippen molar-refractivity contribution in [2.75, 3.05) is 26.8 Å². The third kappa shape index (κ3) is 1.57. The Morgan fingerprint density at radius 1 is 1.09 bits per heavy atom. The zero-order valence-corrected chi connectivity index (χ0v) is 7.42. The van der Waals surface area contributed by atoms with E-state index in [4.69, 9.17) is 0 Å². The monoisotopic (exact) mass is 154 g/mol. The molecule has 0 aromatic heterocycles. The zero-order chi connectivity index (χ0) is 7.68. The minimum atomic E-state index is 0.931. The van der Waals surface area contributed by atoms with E-state index in [0.717, 1.165) is 6.04 Å². The normalized spacial score (nSPS) is 35.2. The van der Waals surface area contributed by atoms with E-state index in [1.807, 2.05) is 0 Å². The van der Waals surface area contributed by atoms with Gasteiger partial charge in [-0.3, -0.25) is 9.80 Å². The number of hydrogen-bond donors (Lipinski definition) is 0. The van der Waals surface area contributed by atoms with Crippen LogP contribution in [0.3, 0.4) is 0 Å². The molecule has 11 heavy (non-hydrogen) atoms. The molecule has 0 radical (unpaired) electrons. The van der Waals surface area contributed by atoms with Gasteiger partial charge in [-0.2, -0.15) is 0 Å². The summed E-state index contributed by atoms with van der Waals surface area (Å²) in [6, 6.07) is 0.931. The highest BCUT2D eigenvalue weighted by molar-refractivity contribution is 4.80. The van der Waals surface area contributed by atoms with Crippen molar-refractivity contribution in [2.24, 2.45) is 0 Å². The van der Waals surface area contributed by atoms with Gasteiger partial charge in [0.1, 0.15) is 0 Å². The van der Waals surface area contributed by atoms with Gasteiger partial charge in [-0.15, -0.1) is 0 Å². The first-order valence-electron chi connectivity index (χ1n) is 4.79. The van der Waals surface area contributed by atoms with E-state index in [1.165, 1.54) is 45.4 Å². The summed E-state index contributed by atoms with van der Waals surface area (Å²) < 4.78 is 0. The van der Waals surface area contributed by atoms with Crippen molar-refractivity contribution < 1.29 is 0 Å². The minimum Gasteiger partial charge on any atom is -0.293 e. The Hall–Kier alpha value is -0.0800. The molecular formula is C9H18N2. The van der Waals surface area contributed by atoms with Crippen molar-refractivity contribution in [1.29, 1.82) is 0 Å². The second-order valence-corrected chi connectivity index (χ2v) is 3.97. The summed E-state index contributed by atoms with van der Waals surface area (Å²) >= 11 is 0. The van der Waals surface area contributed by atoms with Crippen LogP contribution < -0.4 is 0 Å². The second-order valence-electron chi connectivity index (χ2n) is 3.97. The molecule has 2 aliphatic rings. The molecule has 2 heteroatoms. The number of fused-ring (bicyclic) bond motifs is 1. The first kappa shape index (κ1) is 7.56. The van der Waals surface area contributed by atoms with Crippen molar-refractivity contribution in [3.8, 4) is 0 Å². The van der Waals surface area contributed by atoms with Gasteiger partial charge in [0.05, 0.1) is 6.67 Å². The molecule has 0 aromatic carbocycles. The van der Waals surface area contributed by atoms with Gasteiger partial charge in [-0.05, 0) is 32.9 Å². The number of piperidine rings is 1. The van der Waals surface area contributed by atoms with Crippen molar-refractivity contribution >= 4 is 0 Å². The average Bonchev–Trinajstić information content (AvgIpc) is 2.04. The summed E-state index contributed by atoms with van der Waals surface area (Å²) in [7, 11) is 2.23. The zero-order valence-electron chi connectivity index (χ0n) is 7.42. The smallest absolute Gasteiger partial charge is 0.0506 e. The maximum Gasteiger partial charge on any atom is 0.0506 e. The topological polar surface area (TPSA) is 6.48 Å². The van der Waals surface area contributed by atoms with E-state index >= 15 is 0 Å². The third-order valence-electron chi connectivity index (χ3n) is 3.02. The summed E-state index contributed by atoms with van der Waals surface area (Å²) in [4.78, 5) is 5.08. The molecule has 1 unspecified atom stereocenters. The van der Waals surface area contributed by atoms with Crippen LogP contribution in [-0.4, -0.2) is 42.6 Å². The summed E-state index contributed by atoms with van der Waals surface area (Å²) in [6.07, 6.45) is 5.74. The lowest BCUT2D eigenvalue weighted by molar-refractivity contribution is 0.0310. The molecule has 64 valence electrons. The fourth-order valence-corrected chi connectivity index (χ4v) is 2.32. The van der Waals surface area contributed by atoms with Gasteiger partial charge >= 0.3 is 0 Å². The van der Waals surface area contributed by atoms with Crippen LogP contribution in [0.15, 0.2) is 0 Å². The highest BCUT2D eigenvalue weighted by Gasteiger charge is 2.26. The number of rotatable bonds is 0. The average molecular weight is 154 g/mol. The summed E-state index contributed by atoms with van der Waals surface area (Å²) in [5.74, 6) is 0. The van der Waals surface area contributed by atoms with Crippen molar-refractivity contribution in [3.05, 3.63) is 0 Å². The van der Waals surface area contributed by atoms with Gasteiger partial charge < -0.3 is 0 Å². The Morgan fingerprint density at radius 2 is 2.00 bits per heavy atom. The van der Waals surface area contributed by atoms with Gasteiger partial charge in [0.2, 0.25) is 0 Å². The highest BCUT2D eigenvalue weighted by atomic mass is 15.3. The fourth-order valence-electron chi connectivity index (χ4n) is 2.32. The molecule has 0 aromatic rings. The van der Waals surface area contributed by atoms with Gasteiger partial charge in [-0.1, -0.05) is 6.42 Å². The molecule has 1 atom stereocenters. The van der Waals surface area contributed by atoms with E-state index in [-0.39, 0.29) is 0 Å². The largest absolute Gasteiger partial charge is 0.293 e. The standard InChI is InChI=1S/C9H18N2/c1-10-7-5-9-4-2-3-6-11(9)8-10/h9H,2-8H2,1H3. The van der Waals surface area contributed by atoms with Gasteiger partial charge in [-0.25, -0.2) is 0 Å². The van der Waals surface area contributed by atoms with Crippen LogP contribution in [-0.2, 0) is 0 Å². The Bertz CT molecular complexity index is 136. The molecule has 2 aliphatic heterocycles. The maximum atomic E-state index is 2.65. The molecule has 2 saturated heterocycles. The summed E-state index contributed by atoms with van der Waals surface area (Å²) in [5, 5.41) is 0. The molecule has 0 aliphatic carbocycles. The van der Waals surface area contributed by atoms with Crippen LogP contribution in [0, 0.1) is 0 Å². The number of hydrogen-bond acceptors (Lipinski definition) is 2. The van der Waals surface area contributed by atoms with E-state index in [2.05, 4.69) is 16.8 Å². The van der Waals surface area contributed by atoms with Gasteiger partial charge in [0.15, 0.2) is 0 Å². The predicted octanol–water partition coefficient (Wildman–Crippen LogP) is 1.13. The van der Waals surface area contributed by atoms with E-state index < -0.39 is 0 Å². The lowest BCUT2D eigenvalue weighted by atomic mass is 9.98. The first-order valence-corrected chi connectivity index (χ1v) is 4.79. The second kappa shape index (κ2) is 3.11. The molecule has 0 spiro atoms. The molecule has 2 rings (SSSR count). The Kier molecular flexibility index (Phi) is 2.14. The van der Waals surface area contributed by atoms with Crippen molar-refractivity contribution in [1.82, 2.24) is 9.80 Å². The van der Waals surface area contributed by atoms with Crippen LogP contribution in [0.5, 0.6) is 0 Å². The van der Waals surface area contributed by atoms with Gasteiger partial charge in [0.25, 0.3) is 0 Å². The predicted molar refractivity (Wildman–Crippen MR) is 46.5 cm³/mol. The van der Waals surface area contributed by atoms with Crippen LogP contribution in [0.4, 0.5) is 0 Å². The third-order valence-corrected chi connectivity index (χ3v) is 3.02. The van der Waals surface area contributed by atoms with Crippen molar-refractivity contribution in [2.45, 2.75) is 31.7 Å². The Balaban J connectivity index is 1.93. The molecule has 2 nitrogen and oxygen atoms in total. The number of nitrogens with zero attached hydrogens (tertiary/aromatic N) is 2. The van der Waals surface area contributed by atoms with Crippen molar-refractivity contribution in [3.63, 3.8) is 0 Å². The van der Waals surface area contributed by atoms with Crippen LogP contribution in [0.1, 0.15) is 25.7 Å². The molecule has 0 amide bonds. The molecule has 2 heterocycles. The molecule has 2 fully saturated rings. The Morgan fingerprint density at radius 3 is 2.91 bits per heavy atom. The minimum absolute atomic E-state index is 0.931. The van der Waals surface area contributed by atoms with Crippen LogP contribution >= 0.6 is 0 Å². The molecular weight excluding hydrogens is 136 g/mol. The van der Waals surface area contributed by atoms with E-state index in [1.54, 1.807) is 0 Å². The summed E-state index contributed by atoms with van der Waals surface area (Å²) in [5.41, 5.74) is 0. The SMILES string of the molecule is CN1CCC2CCCCN2C1. The fraction of sp³-hybridized carbons (Fsp3) is 1.00. The molecule has 0 saturated carbocycles. The van der Waals surface area contributed by atoms with Crippen LogP contribution in [0.25, 0.3) is 0 Å². The lowest BCUT2D eigenvalue weighted by Crippen LogP contribution is -2.50. The van der Waals surface area contributed by atoms with E-state index in [0.29, 0.717) is 0 Å². The first-order chi connectivity index (χ1) is 5.36. The Labute approximate surface area is 69.2 Å². The maximum absolute atomic E-state index is 2.65. The lowest BCUT2D eigenvalue weighted by Gasteiger charge is -2.42. The molecule has 0 bridgehead atoms. The quantitative estimate of drug-likeness (QED) is 0.516. The van der Waals surface area contributed by atoms with Crippen LogP contribution in [0.2, 0.25) is 0 Å². The highest BCUT2D eigenvalue weighted by Crippen LogP contribution is 2.22. The van der Waals surface area contributed by atoms with E-state index in [9.17, 15) is 0 Å². The molecule has 0 N–H and O–H groups in total.